The van der Waals surface area contributed by atoms with Crippen molar-refractivity contribution in [3.8, 4) is 11.5 Å². The molecular formula is C16H18O8S2. The summed E-state index contributed by atoms with van der Waals surface area (Å²) >= 11 is 0. The standard InChI is InChI=1S/C16H18O8S2/c17-9-11-23-13-1-5-15(6-2-13)25(19,20)26(21,22)16-7-3-14(4-8-16)24-12-10-18/h1-8,17-18H,9-12H2. The molecule has 142 valence electrons. The van der Waals surface area contributed by atoms with Gasteiger partial charge >= 0.3 is 0 Å². The molecule has 8 nitrogen and oxygen atoms in total. The number of hydrogen-bond acceptors (Lipinski definition) is 8. The highest BCUT2D eigenvalue weighted by molar-refractivity contribution is 8.67. The molecule has 0 unspecified atom stereocenters. The second kappa shape index (κ2) is 8.49. The molecule has 0 aliphatic carbocycles. The zero-order valence-electron chi connectivity index (χ0n) is 13.6. The van der Waals surface area contributed by atoms with Crippen LogP contribution in [0, 0.1) is 0 Å². The zero-order valence-corrected chi connectivity index (χ0v) is 15.2. The molecule has 0 saturated carbocycles. The summed E-state index contributed by atoms with van der Waals surface area (Å²) in [7, 11) is -9.34. The third kappa shape index (κ3) is 4.33. The summed E-state index contributed by atoms with van der Waals surface area (Å²) in [6.45, 7) is -0.330. The molecule has 0 aliphatic rings. The van der Waals surface area contributed by atoms with E-state index in [0.717, 1.165) is 24.3 Å². The maximum Gasteiger partial charge on any atom is 0.286 e. The Bertz CT molecular complexity index is 838. The Balaban J connectivity index is 2.28. The van der Waals surface area contributed by atoms with Gasteiger partial charge in [-0.25, -0.2) is 16.8 Å². The van der Waals surface area contributed by atoms with Crippen LogP contribution >= 0.6 is 0 Å². The van der Waals surface area contributed by atoms with E-state index < -0.39 is 27.5 Å². The Labute approximate surface area is 150 Å². The van der Waals surface area contributed by atoms with Crippen molar-refractivity contribution in [2.75, 3.05) is 26.4 Å². The van der Waals surface area contributed by atoms with E-state index in [4.69, 9.17) is 19.7 Å². The third-order valence-electron chi connectivity index (χ3n) is 3.23. The first kappa shape index (κ1) is 20.2. The molecule has 0 radical (unpaired) electrons. The van der Waals surface area contributed by atoms with Crippen molar-refractivity contribution in [3.05, 3.63) is 48.5 Å². The van der Waals surface area contributed by atoms with Crippen molar-refractivity contribution in [2.45, 2.75) is 9.79 Å². The molecule has 0 heterocycles. The molecule has 0 saturated heterocycles. The summed E-state index contributed by atoms with van der Waals surface area (Å²) in [5.74, 6) is 0.613. The van der Waals surface area contributed by atoms with Crippen LogP contribution in [0.1, 0.15) is 0 Å². The number of benzene rings is 2. The molecule has 2 N–H and O–H groups in total. The van der Waals surface area contributed by atoms with Gasteiger partial charge in [0, 0.05) is 0 Å². The highest BCUT2D eigenvalue weighted by Gasteiger charge is 2.33. The molecule has 2 aromatic rings. The van der Waals surface area contributed by atoms with Gasteiger partial charge in [-0.1, -0.05) is 0 Å². The number of aliphatic hydroxyl groups is 2. The lowest BCUT2D eigenvalue weighted by Crippen LogP contribution is -2.16. The topological polar surface area (TPSA) is 127 Å². The molecule has 10 heteroatoms. The van der Waals surface area contributed by atoms with Gasteiger partial charge in [-0.3, -0.25) is 0 Å². The highest BCUT2D eigenvalue weighted by Crippen LogP contribution is 2.27. The summed E-state index contributed by atoms with van der Waals surface area (Å²) in [5, 5.41) is 17.4. The van der Waals surface area contributed by atoms with Crippen molar-refractivity contribution >= 4 is 17.7 Å². The van der Waals surface area contributed by atoms with E-state index in [1.807, 2.05) is 0 Å². The van der Waals surface area contributed by atoms with Crippen molar-refractivity contribution < 1.29 is 36.5 Å². The summed E-state index contributed by atoms with van der Waals surface area (Å²) in [5.41, 5.74) is 0. The van der Waals surface area contributed by atoms with Gasteiger partial charge in [-0.05, 0) is 48.5 Å². The molecule has 2 rings (SSSR count). The lowest BCUT2D eigenvalue weighted by molar-refractivity contribution is 0.201. The van der Waals surface area contributed by atoms with E-state index in [2.05, 4.69) is 0 Å². The monoisotopic (exact) mass is 402 g/mol. The number of ether oxygens (including phenoxy) is 2. The molecule has 0 aliphatic heterocycles. The Kier molecular flexibility index (Phi) is 6.59. The van der Waals surface area contributed by atoms with Crippen molar-refractivity contribution in [2.24, 2.45) is 0 Å². The second-order valence-corrected chi connectivity index (χ2v) is 10.4. The molecule has 0 atom stereocenters. The predicted octanol–water partition coefficient (Wildman–Crippen LogP) is 0.591. The Morgan fingerprint density at radius 3 is 1.19 bits per heavy atom. The van der Waals surface area contributed by atoms with Crippen LogP contribution in [0.3, 0.4) is 0 Å². The molecule has 0 spiro atoms. The predicted molar refractivity (Wildman–Crippen MR) is 92.4 cm³/mol. The Morgan fingerprint density at radius 2 is 0.923 bits per heavy atom. The van der Waals surface area contributed by atoms with Gasteiger partial charge < -0.3 is 19.7 Å². The molecule has 0 bridgehead atoms. The fourth-order valence-electron chi connectivity index (χ4n) is 1.99. The van der Waals surface area contributed by atoms with Crippen LogP contribution in [0.25, 0.3) is 0 Å². The first-order chi connectivity index (χ1) is 12.3. The fraction of sp³-hybridized carbons (Fsp3) is 0.250. The Hall–Kier alpha value is -2.14. The lowest BCUT2D eigenvalue weighted by atomic mass is 10.3. The van der Waals surface area contributed by atoms with E-state index in [-0.39, 0.29) is 26.4 Å². The van der Waals surface area contributed by atoms with Crippen molar-refractivity contribution in [3.63, 3.8) is 0 Å². The molecule has 26 heavy (non-hydrogen) atoms. The maximum atomic E-state index is 12.5. The van der Waals surface area contributed by atoms with Crippen LogP contribution in [0.4, 0.5) is 0 Å². The number of hydrogen-bond donors (Lipinski definition) is 2. The van der Waals surface area contributed by atoms with Crippen LogP contribution < -0.4 is 9.47 Å². The third-order valence-corrected chi connectivity index (χ3v) is 8.40. The number of aliphatic hydroxyl groups excluding tert-OH is 2. The van der Waals surface area contributed by atoms with Crippen LogP contribution in [0.2, 0.25) is 0 Å². The normalized spacial score (nSPS) is 11.9. The van der Waals surface area contributed by atoms with Gasteiger partial charge in [-0.2, -0.15) is 0 Å². The lowest BCUT2D eigenvalue weighted by Gasteiger charge is -2.09. The first-order valence-corrected chi connectivity index (χ1v) is 11.0. The van der Waals surface area contributed by atoms with Crippen LogP contribution in [-0.2, 0) is 17.7 Å². The fourth-order valence-corrected chi connectivity index (χ4v) is 5.62. The summed E-state index contributed by atoms with van der Waals surface area (Å²) in [6, 6.07) is 9.73. The quantitative estimate of drug-likeness (QED) is 0.584. The first-order valence-electron chi connectivity index (χ1n) is 7.50. The van der Waals surface area contributed by atoms with E-state index >= 15 is 0 Å². The average Bonchev–Trinajstić information content (AvgIpc) is 2.65. The molecule has 0 fully saturated rings. The summed E-state index contributed by atoms with van der Waals surface area (Å²) in [6.07, 6.45) is 0. The minimum atomic E-state index is -4.67. The maximum absolute atomic E-state index is 12.5. The van der Waals surface area contributed by atoms with Gasteiger partial charge in [0.05, 0.1) is 23.0 Å². The molecule has 2 aromatic carbocycles. The highest BCUT2D eigenvalue weighted by atomic mass is 33.2. The molecular weight excluding hydrogens is 384 g/mol. The van der Waals surface area contributed by atoms with Crippen molar-refractivity contribution in [1.82, 2.24) is 0 Å². The van der Waals surface area contributed by atoms with Gasteiger partial charge in [0.15, 0.2) is 0 Å². The van der Waals surface area contributed by atoms with E-state index in [1.165, 1.54) is 24.3 Å². The van der Waals surface area contributed by atoms with Gasteiger partial charge in [0.1, 0.15) is 24.7 Å². The van der Waals surface area contributed by atoms with Crippen LogP contribution in [0.15, 0.2) is 58.3 Å². The molecule has 0 aromatic heterocycles. The summed E-state index contributed by atoms with van der Waals surface area (Å²) < 4.78 is 60.2. The Morgan fingerprint density at radius 1 is 0.615 bits per heavy atom. The average molecular weight is 402 g/mol. The van der Waals surface area contributed by atoms with E-state index in [0.29, 0.717) is 11.5 Å². The van der Waals surface area contributed by atoms with Gasteiger partial charge in [0.25, 0.3) is 17.7 Å². The van der Waals surface area contributed by atoms with Crippen LogP contribution in [0.5, 0.6) is 11.5 Å². The van der Waals surface area contributed by atoms with E-state index in [9.17, 15) is 16.8 Å². The van der Waals surface area contributed by atoms with Crippen LogP contribution in [-0.4, -0.2) is 53.5 Å². The SMILES string of the molecule is O=S(=O)(c1ccc(OCCO)cc1)S(=O)(=O)c1ccc(OCCO)cc1. The van der Waals surface area contributed by atoms with Gasteiger partial charge in [-0.15, -0.1) is 0 Å². The van der Waals surface area contributed by atoms with Crippen molar-refractivity contribution in [1.29, 1.82) is 0 Å². The largest absolute Gasteiger partial charge is 0.491 e. The smallest absolute Gasteiger partial charge is 0.286 e. The minimum Gasteiger partial charge on any atom is -0.491 e. The van der Waals surface area contributed by atoms with E-state index in [1.54, 1.807) is 0 Å². The summed E-state index contributed by atoms with van der Waals surface area (Å²) in [4.78, 5) is -0.788. The van der Waals surface area contributed by atoms with Gasteiger partial charge in [0.2, 0.25) is 0 Å². The molecule has 0 amide bonds. The number of rotatable bonds is 9. The second-order valence-electron chi connectivity index (χ2n) is 5.00. The zero-order chi connectivity index (χ0) is 19.2. The minimum absolute atomic E-state index is 0.0368.